The van der Waals surface area contributed by atoms with Gasteiger partial charge in [0, 0.05) is 42.6 Å². The lowest BCUT2D eigenvalue weighted by atomic mass is 10.0. The van der Waals surface area contributed by atoms with Gasteiger partial charge in [0.15, 0.2) is 5.78 Å². The second-order valence-corrected chi connectivity index (χ2v) is 8.18. The Morgan fingerprint density at radius 2 is 2.09 bits per heavy atom. The Balaban J connectivity index is 1.57. The van der Waals surface area contributed by atoms with Crippen LogP contribution in [0.5, 0.6) is 11.5 Å². The van der Waals surface area contributed by atoms with Gasteiger partial charge in [-0.15, -0.1) is 0 Å². The number of carbonyl (C=O) groups is 1. The molecule has 0 radical (unpaired) electrons. The zero-order valence-corrected chi connectivity index (χ0v) is 19.9. The number of fused-ring (bicyclic) bond motifs is 1. The van der Waals surface area contributed by atoms with Gasteiger partial charge >= 0.3 is 0 Å². The van der Waals surface area contributed by atoms with Crippen LogP contribution >= 0.6 is 0 Å². The fourth-order valence-corrected chi connectivity index (χ4v) is 3.93. The third-order valence-electron chi connectivity index (χ3n) is 5.70. The van der Waals surface area contributed by atoms with Crippen molar-refractivity contribution >= 4 is 28.1 Å². The van der Waals surface area contributed by atoms with Crippen molar-refractivity contribution in [1.82, 2.24) is 14.5 Å². The molecule has 2 aromatic heterocycles. The van der Waals surface area contributed by atoms with E-state index in [1.54, 1.807) is 19.5 Å². The van der Waals surface area contributed by atoms with E-state index in [1.807, 2.05) is 67.3 Å². The first-order valence-corrected chi connectivity index (χ1v) is 11.6. The van der Waals surface area contributed by atoms with Gasteiger partial charge in [-0.3, -0.25) is 9.78 Å². The molecule has 7 heteroatoms. The van der Waals surface area contributed by atoms with Gasteiger partial charge in [0.1, 0.15) is 17.0 Å². The van der Waals surface area contributed by atoms with Crippen LogP contribution in [0.4, 0.5) is 11.4 Å². The van der Waals surface area contributed by atoms with Gasteiger partial charge in [0.05, 0.1) is 31.3 Å². The number of benzene rings is 2. The third-order valence-corrected chi connectivity index (χ3v) is 5.70. The number of aryl methyl sites for hydroxylation is 2. The van der Waals surface area contributed by atoms with E-state index < -0.39 is 0 Å². The number of ether oxygens (including phenoxy) is 2. The number of anilines is 2. The summed E-state index contributed by atoms with van der Waals surface area (Å²) in [6.07, 6.45) is 9.32. The molecule has 0 aliphatic rings. The molecular weight excluding hydrogens is 428 g/mol. The highest BCUT2D eigenvalue weighted by atomic mass is 16.5. The number of carbonyl (C=O) groups excluding carboxylic acids is 1. The van der Waals surface area contributed by atoms with Gasteiger partial charge in [-0.25, -0.2) is 4.98 Å². The van der Waals surface area contributed by atoms with Crippen LogP contribution in [0.25, 0.3) is 10.9 Å². The molecule has 1 N–H and O–H groups in total. The van der Waals surface area contributed by atoms with Gasteiger partial charge < -0.3 is 19.4 Å². The molecule has 2 aromatic carbocycles. The number of methoxy groups -OCH3 is 1. The Bertz CT molecular complexity index is 1270. The van der Waals surface area contributed by atoms with Crippen molar-refractivity contribution in [3.05, 3.63) is 72.4 Å². The molecule has 0 amide bonds. The van der Waals surface area contributed by atoms with Crippen LogP contribution in [0.2, 0.25) is 0 Å². The number of imidazole rings is 1. The average molecular weight is 459 g/mol. The zero-order valence-electron chi connectivity index (χ0n) is 19.9. The predicted octanol–water partition coefficient (Wildman–Crippen LogP) is 5.94. The number of ketones is 1. The maximum absolute atomic E-state index is 12.9. The van der Waals surface area contributed by atoms with E-state index in [2.05, 4.69) is 15.3 Å². The zero-order chi connectivity index (χ0) is 23.9. The van der Waals surface area contributed by atoms with Crippen molar-refractivity contribution in [2.24, 2.45) is 0 Å². The summed E-state index contributed by atoms with van der Waals surface area (Å²) in [6, 6.07) is 11.7. The second-order valence-electron chi connectivity index (χ2n) is 8.18. The molecule has 0 spiro atoms. The number of pyridine rings is 1. The first-order chi connectivity index (χ1) is 16.6. The molecule has 4 rings (SSSR count). The van der Waals surface area contributed by atoms with Gasteiger partial charge in [-0.2, -0.15) is 0 Å². The summed E-state index contributed by atoms with van der Waals surface area (Å²) in [5.74, 6) is 1.56. The minimum Gasteiger partial charge on any atom is -0.494 e. The number of Topliss-reactive ketones (excluding diaryl/α,β-unsaturated/α-hetero) is 1. The Kier molecular flexibility index (Phi) is 7.42. The van der Waals surface area contributed by atoms with Gasteiger partial charge in [0.2, 0.25) is 0 Å². The Morgan fingerprint density at radius 3 is 2.82 bits per heavy atom. The fourth-order valence-electron chi connectivity index (χ4n) is 3.93. The molecule has 2 heterocycles. The quantitative estimate of drug-likeness (QED) is 0.221. The number of nitrogens with one attached hydrogen (secondary N) is 1. The molecule has 0 fully saturated rings. The van der Waals surface area contributed by atoms with Crippen molar-refractivity contribution in [2.45, 2.75) is 39.7 Å². The van der Waals surface area contributed by atoms with Crippen LogP contribution in [0.15, 0.2) is 61.3 Å². The maximum atomic E-state index is 12.9. The van der Waals surface area contributed by atoms with Crippen LogP contribution in [0.3, 0.4) is 0 Å². The second kappa shape index (κ2) is 10.8. The lowest BCUT2D eigenvalue weighted by molar-refractivity contribution is 0.0982. The number of hydrogen-bond donors (Lipinski definition) is 1. The van der Waals surface area contributed by atoms with Crippen molar-refractivity contribution < 1.29 is 14.3 Å². The third kappa shape index (κ3) is 5.20. The van der Waals surface area contributed by atoms with Crippen molar-refractivity contribution in [3.8, 4) is 11.5 Å². The number of nitrogens with zero attached hydrogens (tertiary/aromatic N) is 3. The molecule has 0 atom stereocenters. The molecule has 176 valence electrons. The first kappa shape index (κ1) is 23.3. The number of para-hydroxylation sites is 1. The normalized spacial score (nSPS) is 10.9. The minimum atomic E-state index is 0.0673. The summed E-state index contributed by atoms with van der Waals surface area (Å²) < 4.78 is 13.5. The lowest BCUT2D eigenvalue weighted by Crippen LogP contribution is -2.07. The van der Waals surface area contributed by atoms with Gasteiger partial charge in [-0.1, -0.05) is 19.1 Å². The summed E-state index contributed by atoms with van der Waals surface area (Å²) in [5.41, 5.74) is 3.98. The first-order valence-electron chi connectivity index (χ1n) is 11.6. The van der Waals surface area contributed by atoms with Crippen molar-refractivity contribution in [2.75, 3.05) is 19.0 Å². The Labute approximate surface area is 199 Å². The van der Waals surface area contributed by atoms with Crippen LogP contribution in [-0.2, 0) is 6.54 Å². The highest BCUT2D eigenvalue weighted by Gasteiger charge is 2.18. The lowest BCUT2D eigenvalue weighted by Gasteiger charge is -2.17. The van der Waals surface area contributed by atoms with Gasteiger partial charge in [0.25, 0.3) is 0 Å². The van der Waals surface area contributed by atoms with Crippen LogP contribution in [0.1, 0.15) is 42.1 Å². The monoisotopic (exact) mass is 458 g/mol. The van der Waals surface area contributed by atoms with E-state index >= 15 is 0 Å². The standard InChI is InChI=1S/C27H30N4O3/c1-4-7-24(32)22-17-29-27-21(8-5-9-25(27)33-3)26(22)30-23-11-10-20(16-19(23)2)34-15-6-13-31-14-12-28-18-31/h5,8-12,14,16-18H,4,6-7,13,15H2,1-3H3,(H,29,30). The molecule has 0 bridgehead atoms. The minimum absolute atomic E-state index is 0.0673. The average Bonchev–Trinajstić information content (AvgIpc) is 3.37. The molecule has 0 unspecified atom stereocenters. The smallest absolute Gasteiger partial charge is 0.166 e. The molecular formula is C27H30N4O3. The molecule has 0 saturated heterocycles. The topological polar surface area (TPSA) is 78.3 Å². The maximum Gasteiger partial charge on any atom is 0.166 e. The van der Waals surface area contributed by atoms with E-state index in [-0.39, 0.29) is 5.78 Å². The molecule has 0 saturated carbocycles. The van der Waals surface area contributed by atoms with E-state index in [1.165, 1.54) is 0 Å². The molecule has 0 aliphatic carbocycles. The largest absolute Gasteiger partial charge is 0.494 e. The Morgan fingerprint density at radius 1 is 1.21 bits per heavy atom. The molecule has 4 aromatic rings. The highest BCUT2D eigenvalue weighted by molar-refractivity contribution is 6.09. The predicted molar refractivity (Wildman–Crippen MR) is 134 cm³/mol. The van der Waals surface area contributed by atoms with E-state index in [0.717, 1.165) is 53.0 Å². The molecule has 34 heavy (non-hydrogen) atoms. The summed E-state index contributed by atoms with van der Waals surface area (Å²) >= 11 is 0. The fraction of sp³-hybridized carbons (Fsp3) is 0.296. The number of aromatic nitrogens is 3. The van der Waals surface area contributed by atoms with E-state index in [4.69, 9.17) is 9.47 Å². The number of rotatable bonds is 11. The van der Waals surface area contributed by atoms with Gasteiger partial charge in [-0.05, 0) is 49.6 Å². The summed E-state index contributed by atoms with van der Waals surface area (Å²) in [4.78, 5) is 21.5. The Hall–Kier alpha value is -3.87. The molecule has 0 aliphatic heterocycles. The van der Waals surface area contributed by atoms with E-state index in [0.29, 0.717) is 24.3 Å². The van der Waals surface area contributed by atoms with Crippen LogP contribution < -0.4 is 14.8 Å². The number of hydrogen-bond acceptors (Lipinski definition) is 6. The van der Waals surface area contributed by atoms with Crippen LogP contribution in [0, 0.1) is 6.92 Å². The molecule has 7 nitrogen and oxygen atoms in total. The van der Waals surface area contributed by atoms with Crippen LogP contribution in [-0.4, -0.2) is 34.0 Å². The van der Waals surface area contributed by atoms with E-state index in [9.17, 15) is 4.79 Å². The highest BCUT2D eigenvalue weighted by Crippen LogP contribution is 2.35. The van der Waals surface area contributed by atoms with Crippen molar-refractivity contribution in [1.29, 1.82) is 0 Å². The summed E-state index contributed by atoms with van der Waals surface area (Å²) in [5, 5.41) is 4.35. The summed E-state index contributed by atoms with van der Waals surface area (Å²) in [7, 11) is 1.62. The SMILES string of the molecule is CCCC(=O)c1cnc2c(OC)cccc2c1Nc1ccc(OCCCn2ccnc2)cc1C. The summed E-state index contributed by atoms with van der Waals surface area (Å²) in [6.45, 7) is 5.51. The van der Waals surface area contributed by atoms with Crippen molar-refractivity contribution in [3.63, 3.8) is 0 Å².